The lowest BCUT2D eigenvalue weighted by Crippen LogP contribution is -2.24. The SMILES string of the molecule is O=C(Cn1c(=O)oc2ccccc21)Nc1nc(-c2cc(F)ccc2F)cs1. The van der Waals surface area contributed by atoms with Crippen LogP contribution in [0.1, 0.15) is 0 Å². The minimum Gasteiger partial charge on any atom is -0.408 e. The number of halogens is 2. The van der Waals surface area contributed by atoms with Crippen molar-refractivity contribution in [2.75, 3.05) is 5.32 Å². The van der Waals surface area contributed by atoms with E-state index in [2.05, 4.69) is 10.3 Å². The quantitative estimate of drug-likeness (QED) is 0.580. The molecule has 136 valence electrons. The topological polar surface area (TPSA) is 77.1 Å². The third-order valence-electron chi connectivity index (χ3n) is 3.83. The van der Waals surface area contributed by atoms with E-state index in [0.717, 1.165) is 29.5 Å². The van der Waals surface area contributed by atoms with Gasteiger partial charge in [-0.05, 0) is 30.3 Å². The first kappa shape index (κ1) is 17.1. The number of hydrogen-bond donors (Lipinski definition) is 1. The maximum atomic E-state index is 13.8. The summed E-state index contributed by atoms with van der Waals surface area (Å²) >= 11 is 1.06. The average Bonchev–Trinajstić information content (AvgIpc) is 3.22. The number of para-hydroxylation sites is 2. The van der Waals surface area contributed by atoms with Gasteiger partial charge in [0.05, 0.1) is 11.2 Å². The number of rotatable bonds is 4. The molecule has 0 aliphatic carbocycles. The van der Waals surface area contributed by atoms with E-state index in [1.54, 1.807) is 24.3 Å². The molecule has 27 heavy (non-hydrogen) atoms. The van der Waals surface area contributed by atoms with Gasteiger partial charge in [-0.15, -0.1) is 11.3 Å². The molecular formula is C18H11F2N3O3S. The van der Waals surface area contributed by atoms with E-state index in [1.807, 2.05) is 0 Å². The van der Waals surface area contributed by atoms with Gasteiger partial charge >= 0.3 is 5.76 Å². The van der Waals surface area contributed by atoms with Crippen molar-refractivity contribution in [1.29, 1.82) is 0 Å². The summed E-state index contributed by atoms with van der Waals surface area (Å²) in [7, 11) is 0. The lowest BCUT2D eigenvalue weighted by molar-refractivity contribution is -0.116. The van der Waals surface area contributed by atoms with Crippen molar-refractivity contribution in [1.82, 2.24) is 9.55 Å². The Kier molecular flexibility index (Phi) is 4.28. The van der Waals surface area contributed by atoms with Crippen LogP contribution in [0.4, 0.5) is 13.9 Å². The standard InChI is InChI=1S/C18H11F2N3O3S/c19-10-5-6-12(20)11(7-10)13-9-27-17(21-13)22-16(24)8-23-14-3-1-2-4-15(14)26-18(23)25/h1-7,9H,8H2,(H,21,22,24). The Hall–Kier alpha value is -3.33. The van der Waals surface area contributed by atoms with Crippen LogP contribution in [-0.4, -0.2) is 15.5 Å². The number of carbonyl (C=O) groups is 1. The van der Waals surface area contributed by atoms with Crippen molar-refractivity contribution in [3.05, 3.63) is 70.0 Å². The van der Waals surface area contributed by atoms with Crippen LogP contribution in [0.25, 0.3) is 22.4 Å². The Morgan fingerprint density at radius 1 is 1.22 bits per heavy atom. The molecule has 0 saturated heterocycles. The highest BCUT2D eigenvalue weighted by Gasteiger charge is 2.15. The van der Waals surface area contributed by atoms with E-state index in [-0.39, 0.29) is 22.9 Å². The number of oxazole rings is 1. The Balaban J connectivity index is 1.54. The summed E-state index contributed by atoms with van der Waals surface area (Å²) in [5.74, 6) is -2.34. The molecule has 0 atom stereocenters. The van der Waals surface area contributed by atoms with E-state index < -0.39 is 23.3 Å². The van der Waals surface area contributed by atoms with Gasteiger partial charge in [-0.2, -0.15) is 0 Å². The second-order valence-corrected chi connectivity index (χ2v) is 6.49. The Morgan fingerprint density at radius 3 is 2.89 bits per heavy atom. The Labute approximate surface area is 154 Å². The van der Waals surface area contributed by atoms with Gasteiger partial charge in [-0.1, -0.05) is 12.1 Å². The summed E-state index contributed by atoms with van der Waals surface area (Å²) in [6.07, 6.45) is 0. The number of nitrogens with zero attached hydrogens (tertiary/aromatic N) is 2. The van der Waals surface area contributed by atoms with Gasteiger partial charge in [0.25, 0.3) is 0 Å². The monoisotopic (exact) mass is 387 g/mol. The lowest BCUT2D eigenvalue weighted by atomic mass is 10.1. The molecule has 9 heteroatoms. The predicted molar refractivity (Wildman–Crippen MR) is 96.6 cm³/mol. The third kappa shape index (κ3) is 3.36. The molecule has 0 aliphatic heterocycles. The van der Waals surface area contributed by atoms with Crippen molar-refractivity contribution in [3.8, 4) is 11.3 Å². The molecule has 0 aliphatic rings. The molecule has 1 N–H and O–H groups in total. The molecule has 2 aromatic carbocycles. The molecule has 0 unspecified atom stereocenters. The fraction of sp³-hybridized carbons (Fsp3) is 0.0556. The van der Waals surface area contributed by atoms with Crippen LogP contribution in [0.15, 0.2) is 57.1 Å². The fourth-order valence-corrected chi connectivity index (χ4v) is 3.34. The number of hydrogen-bond acceptors (Lipinski definition) is 5. The Morgan fingerprint density at radius 2 is 2.04 bits per heavy atom. The summed E-state index contributed by atoms with van der Waals surface area (Å²) < 4.78 is 33.4. The zero-order valence-corrected chi connectivity index (χ0v) is 14.4. The van der Waals surface area contributed by atoms with E-state index in [4.69, 9.17) is 4.42 Å². The number of thiazole rings is 1. The van der Waals surface area contributed by atoms with Crippen LogP contribution in [0.2, 0.25) is 0 Å². The van der Waals surface area contributed by atoms with Crippen molar-refractivity contribution in [2.45, 2.75) is 6.54 Å². The van der Waals surface area contributed by atoms with Gasteiger partial charge in [0.15, 0.2) is 10.7 Å². The highest BCUT2D eigenvalue weighted by atomic mass is 32.1. The number of carbonyl (C=O) groups excluding carboxylic acids is 1. The molecule has 6 nitrogen and oxygen atoms in total. The van der Waals surface area contributed by atoms with Gasteiger partial charge in [-0.25, -0.2) is 18.6 Å². The summed E-state index contributed by atoms with van der Waals surface area (Å²) in [5.41, 5.74) is 1.09. The molecule has 2 aromatic heterocycles. The van der Waals surface area contributed by atoms with E-state index >= 15 is 0 Å². The van der Waals surface area contributed by atoms with Crippen molar-refractivity contribution < 1.29 is 18.0 Å². The molecule has 1 amide bonds. The molecule has 4 rings (SSSR count). The second-order valence-electron chi connectivity index (χ2n) is 5.63. The molecular weight excluding hydrogens is 376 g/mol. The van der Waals surface area contributed by atoms with Gasteiger partial charge in [-0.3, -0.25) is 9.36 Å². The molecule has 0 bridgehead atoms. The van der Waals surface area contributed by atoms with Crippen molar-refractivity contribution >= 4 is 33.5 Å². The molecule has 2 heterocycles. The van der Waals surface area contributed by atoms with E-state index in [0.29, 0.717) is 11.1 Å². The number of anilines is 1. The normalized spacial score (nSPS) is 11.0. The van der Waals surface area contributed by atoms with Crippen molar-refractivity contribution in [2.24, 2.45) is 0 Å². The Bertz CT molecular complexity index is 1210. The highest BCUT2D eigenvalue weighted by Crippen LogP contribution is 2.27. The summed E-state index contributed by atoms with van der Waals surface area (Å²) in [5, 5.41) is 4.26. The van der Waals surface area contributed by atoms with Gasteiger partial charge < -0.3 is 9.73 Å². The minimum atomic E-state index is -0.645. The van der Waals surface area contributed by atoms with Crippen LogP contribution >= 0.6 is 11.3 Å². The van der Waals surface area contributed by atoms with Gasteiger partial charge in [0.1, 0.15) is 18.2 Å². The number of nitrogens with one attached hydrogen (secondary N) is 1. The highest BCUT2D eigenvalue weighted by molar-refractivity contribution is 7.14. The zero-order valence-electron chi connectivity index (χ0n) is 13.6. The number of amides is 1. The van der Waals surface area contributed by atoms with Crippen LogP contribution < -0.4 is 11.1 Å². The molecule has 0 saturated carbocycles. The number of fused-ring (bicyclic) bond motifs is 1. The van der Waals surface area contributed by atoms with Crippen molar-refractivity contribution in [3.63, 3.8) is 0 Å². The molecule has 0 fully saturated rings. The van der Waals surface area contributed by atoms with Crippen LogP contribution in [0.3, 0.4) is 0 Å². The first-order chi connectivity index (χ1) is 13.0. The van der Waals surface area contributed by atoms with E-state index in [9.17, 15) is 18.4 Å². The second kappa shape index (κ2) is 6.76. The van der Waals surface area contributed by atoms with Crippen LogP contribution in [0, 0.1) is 11.6 Å². The lowest BCUT2D eigenvalue weighted by Gasteiger charge is -2.03. The minimum absolute atomic E-state index is 0.00352. The first-order valence-corrected chi connectivity index (χ1v) is 8.68. The average molecular weight is 387 g/mol. The molecule has 4 aromatic rings. The van der Waals surface area contributed by atoms with E-state index in [1.165, 1.54) is 9.95 Å². The fourth-order valence-electron chi connectivity index (χ4n) is 2.61. The number of benzene rings is 2. The third-order valence-corrected chi connectivity index (χ3v) is 4.59. The maximum Gasteiger partial charge on any atom is 0.420 e. The number of aromatic nitrogens is 2. The maximum absolute atomic E-state index is 13.8. The smallest absolute Gasteiger partial charge is 0.408 e. The molecule has 0 spiro atoms. The zero-order chi connectivity index (χ0) is 19.0. The summed E-state index contributed by atoms with van der Waals surface area (Å²) in [6, 6.07) is 9.81. The molecule has 0 radical (unpaired) electrons. The largest absolute Gasteiger partial charge is 0.420 e. The van der Waals surface area contributed by atoms with Crippen LogP contribution in [-0.2, 0) is 11.3 Å². The van der Waals surface area contributed by atoms with Gasteiger partial charge in [0.2, 0.25) is 5.91 Å². The summed E-state index contributed by atoms with van der Waals surface area (Å²) in [6.45, 7) is -0.265. The summed E-state index contributed by atoms with van der Waals surface area (Å²) in [4.78, 5) is 28.3. The van der Waals surface area contributed by atoms with Gasteiger partial charge in [0, 0.05) is 10.9 Å². The van der Waals surface area contributed by atoms with Crippen LogP contribution in [0.5, 0.6) is 0 Å². The predicted octanol–water partition coefficient (Wildman–Crippen LogP) is 3.63. The first-order valence-electron chi connectivity index (χ1n) is 7.80.